The summed E-state index contributed by atoms with van der Waals surface area (Å²) in [6, 6.07) is 18.3. The molecule has 3 aromatic rings. The number of hydrazone groups is 1. The van der Waals surface area contributed by atoms with Gasteiger partial charge in [0, 0.05) is 5.56 Å². The van der Waals surface area contributed by atoms with Crippen molar-refractivity contribution in [2.75, 3.05) is 7.11 Å². The largest absolute Gasteiger partial charge is 0.508 e. The molecule has 0 atom stereocenters. The highest BCUT2D eigenvalue weighted by Crippen LogP contribution is 2.26. The Bertz CT molecular complexity index is 918. The first kappa shape index (κ1) is 16.5. The van der Waals surface area contributed by atoms with Crippen LogP contribution in [-0.4, -0.2) is 24.3 Å². The van der Waals surface area contributed by atoms with Gasteiger partial charge in [0.2, 0.25) is 5.91 Å². The Kier molecular flexibility index (Phi) is 4.95. The van der Waals surface area contributed by atoms with Gasteiger partial charge >= 0.3 is 0 Å². The fourth-order valence-corrected chi connectivity index (χ4v) is 2.59. The van der Waals surface area contributed by atoms with Crippen LogP contribution in [0.2, 0.25) is 0 Å². The first-order chi connectivity index (χ1) is 12.2. The summed E-state index contributed by atoms with van der Waals surface area (Å²) in [4.78, 5) is 12.0. The monoisotopic (exact) mass is 334 g/mol. The van der Waals surface area contributed by atoms with E-state index in [4.69, 9.17) is 4.74 Å². The molecule has 0 radical (unpaired) electrons. The van der Waals surface area contributed by atoms with Crippen molar-refractivity contribution < 1.29 is 14.6 Å². The number of fused-ring (bicyclic) bond motifs is 1. The molecule has 0 unspecified atom stereocenters. The van der Waals surface area contributed by atoms with Crippen LogP contribution in [0.4, 0.5) is 0 Å². The van der Waals surface area contributed by atoms with Crippen LogP contribution in [0.3, 0.4) is 0 Å². The highest BCUT2D eigenvalue weighted by Gasteiger charge is 2.06. The van der Waals surface area contributed by atoms with Gasteiger partial charge in [-0.15, -0.1) is 0 Å². The molecular weight excluding hydrogens is 316 g/mol. The van der Waals surface area contributed by atoms with Gasteiger partial charge in [-0.3, -0.25) is 4.79 Å². The summed E-state index contributed by atoms with van der Waals surface area (Å²) in [5, 5.41) is 15.4. The number of hydrogen-bond acceptors (Lipinski definition) is 4. The van der Waals surface area contributed by atoms with Crippen molar-refractivity contribution in [2.24, 2.45) is 5.10 Å². The van der Waals surface area contributed by atoms with Gasteiger partial charge in [-0.2, -0.15) is 5.10 Å². The molecule has 3 rings (SSSR count). The van der Waals surface area contributed by atoms with Gasteiger partial charge in [-0.25, -0.2) is 5.43 Å². The Morgan fingerprint density at radius 3 is 2.64 bits per heavy atom. The maximum Gasteiger partial charge on any atom is 0.244 e. The van der Waals surface area contributed by atoms with E-state index in [1.54, 1.807) is 37.6 Å². The molecule has 1 amide bonds. The van der Waals surface area contributed by atoms with Crippen LogP contribution in [0.15, 0.2) is 65.8 Å². The highest BCUT2D eigenvalue weighted by atomic mass is 16.5. The molecule has 25 heavy (non-hydrogen) atoms. The molecule has 0 aromatic heterocycles. The number of ether oxygens (including phenoxy) is 1. The molecule has 0 aliphatic rings. The maximum atomic E-state index is 12.0. The Hall–Kier alpha value is -3.34. The fraction of sp³-hybridized carbons (Fsp3) is 0.100. The summed E-state index contributed by atoms with van der Waals surface area (Å²) in [5.74, 6) is 0.626. The number of phenolic OH excluding ortho intramolecular Hbond substituents is 1. The number of rotatable bonds is 5. The smallest absolute Gasteiger partial charge is 0.244 e. The van der Waals surface area contributed by atoms with Gasteiger partial charge in [-0.05, 0) is 34.5 Å². The molecule has 0 aliphatic heterocycles. The van der Waals surface area contributed by atoms with Crippen molar-refractivity contribution >= 4 is 22.9 Å². The lowest BCUT2D eigenvalue weighted by Gasteiger charge is -2.08. The zero-order chi connectivity index (χ0) is 17.6. The summed E-state index contributed by atoms with van der Waals surface area (Å²) < 4.78 is 5.39. The summed E-state index contributed by atoms with van der Waals surface area (Å²) in [6.45, 7) is 0. The summed E-state index contributed by atoms with van der Waals surface area (Å²) in [5.41, 5.74) is 4.13. The number of methoxy groups -OCH3 is 1. The molecule has 0 saturated heterocycles. The van der Waals surface area contributed by atoms with E-state index in [0.717, 1.165) is 21.9 Å². The van der Waals surface area contributed by atoms with Crippen LogP contribution >= 0.6 is 0 Å². The van der Waals surface area contributed by atoms with E-state index in [9.17, 15) is 9.90 Å². The van der Waals surface area contributed by atoms with E-state index in [0.29, 0.717) is 5.75 Å². The average molecular weight is 334 g/mol. The van der Waals surface area contributed by atoms with Gasteiger partial charge < -0.3 is 9.84 Å². The van der Waals surface area contributed by atoms with Crippen LogP contribution in [0.25, 0.3) is 10.8 Å². The number of aromatic hydroxyl groups is 1. The van der Waals surface area contributed by atoms with E-state index < -0.39 is 0 Å². The second-order valence-electron chi connectivity index (χ2n) is 5.54. The van der Waals surface area contributed by atoms with E-state index >= 15 is 0 Å². The number of amides is 1. The first-order valence-corrected chi connectivity index (χ1v) is 7.83. The Labute approximate surface area is 145 Å². The van der Waals surface area contributed by atoms with Gasteiger partial charge in [0.25, 0.3) is 0 Å². The number of benzene rings is 3. The number of carbonyl (C=O) groups excluding carboxylic acids is 1. The molecular formula is C20H18N2O3. The van der Waals surface area contributed by atoms with Crippen LogP contribution < -0.4 is 10.2 Å². The lowest BCUT2D eigenvalue weighted by molar-refractivity contribution is -0.120. The highest BCUT2D eigenvalue weighted by molar-refractivity contribution is 6.02. The van der Waals surface area contributed by atoms with Crippen molar-refractivity contribution in [3.05, 3.63) is 71.8 Å². The quantitative estimate of drug-likeness (QED) is 0.556. The number of phenols is 1. The van der Waals surface area contributed by atoms with Crippen molar-refractivity contribution in [3.8, 4) is 11.5 Å². The predicted octanol–water partition coefficient (Wildman–Crippen LogP) is 3.25. The van der Waals surface area contributed by atoms with Crippen molar-refractivity contribution in [1.29, 1.82) is 0 Å². The summed E-state index contributed by atoms with van der Waals surface area (Å²) in [7, 11) is 1.60. The predicted molar refractivity (Wildman–Crippen MR) is 98.0 cm³/mol. The fourth-order valence-electron chi connectivity index (χ4n) is 2.59. The minimum atomic E-state index is -0.235. The van der Waals surface area contributed by atoms with Gasteiger partial charge in [-0.1, -0.05) is 42.5 Å². The zero-order valence-corrected chi connectivity index (χ0v) is 13.8. The summed E-state index contributed by atoms with van der Waals surface area (Å²) in [6.07, 6.45) is 1.78. The Morgan fingerprint density at radius 1 is 1.12 bits per heavy atom. The molecule has 2 N–H and O–H groups in total. The topological polar surface area (TPSA) is 70.9 Å². The summed E-state index contributed by atoms with van der Waals surface area (Å²) >= 11 is 0. The van der Waals surface area contributed by atoms with Crippen LogP contribution in [0.1, 0.15) is 11.1 Å². The lowest BCUT2D eigenvalue weighted by atomic mass is 10.0. The number of nitrogens with zero attached hydrogens (tertiary/aromatic N) is 1. The third-order valence-electron chi connectivity index (χ3n) is 3.83. The Morgan fingerprint density at radius 2 is 1.88 bits per heavy atom. The second-order valence-corrected chi connectivity index (χ2v) is 5.54. The normalized spacial score (nSPS) is 10.9. The SMILES string of the molecule is COc1ccc2ccccc2c1/C=N\NC(=O)Cc1ccc(O)cc1. The van der Waals surface area contributed by atoms with Crippen LogP contribution in [0.5, 0.6) is 11.5 Å². The van der Waals surface area contributed by atoms with E-state index in [-0.39, 0.29) is 18.1 Å². The second kappa shape index (κ2) is 7.49. The van der Waals surface area contributed by atoms with Crippen LogP contribution in [-0.2, 0) is 11.2 Å². The molecule has 0 heterocycles. The molecule has 0 spiro atoms. The standard InChI is InChI=1S/C20H18N2O3/c1-25-19-11-8-15-4-2-3-5-17(15)18(19)13-21-22-20(24)12-14-6-9-16(23)10-7-14/h2-11,13,23H,12H2,1H3,(H,22,24)/b21-13-. The minimum absolute atomic E-state index is 0.172. The lowest BCUT2D eigenvalue weighted by Crippen LogP contribution is -2.19. The molecule has 5 heteroatoms. The Balaban J connectivity index is 1.74. The van der Waals surface area contributed by atoms with Gasteiger partial charge in [0.05, 0.1) is 19.7 Å². The van der Waals surface area contributed by atoms with Crippen molar-refractivity contribution in [1.82, 2.24) is 5.43 Å². The van der Waals surface area contributed by atoms with Crippen molar-refractivity contribution in [2.45, 2.75) is 6.42 Å². The molecule has 0 aliphatic carbocycles. The van der Waals surface area contributed by atoms with E-state index in [1.807, 2.05) is 36.4 Å². The maximum absolute atomic E-state index is 12.0. The van der Waals surface area contributed by atoms with Gasteiger partial charge in [0.15, 0.2) is 0 Å². The molecule has 0 saturated carbocycles. The number of hydrogen-bond donors (Lipinski definition) is 2. The van der Waals surface area contributed by atoms with E-state index in [2.05, 4.69) is 10.5 Å². The van der Waals surface area contributed by atoms with E-state index in [1.165, 1.54) is 0 Å². The molecule has 0 bridgehead atoms. The molecule has 0 fully saturated rings. The third kappa shape index (κ3) is 3.95. The third-order valence-corrected chi connectivity index (χ3v) is 3.83. The average Bonchev–Trinajstić information content (AvgIpc) is 2.63. The minimum Gasteiger partial charge on any atom is -0.508 e. The first-order valence-electron chi connectivity index (χ1n) is 7.83. The van der Waals surface area contributed by atoms with Gasteiger partial charge in [0.1, 0.15) is 11.5 Å². The molecule has 126 valence electrons. The van der Waals surface area contributed by atoms with Crippen LogP contribution in [0, 0.1) is 0 Å². The molecule has 3 aromatic carbocycles. The number of carbonyl (C=O) groups is 1. The zero-order valence-electron chi connectivity index (χ0n) is 13.8. The van der Waals surface area contributed by atoms with Crippen molar-refractivity contribution in [3.63, 3.8) is 0 Å². The number of nitrogens with one attached hydrogen (secondary N) is 1. The molecule has 5 nitrogen and oxygen atoms in total.